The Kier molecular flexibility index (Phi) is 6.26. The Morgan fingerprint density at radius 1 is 1.03 bits per heavy atom. The molecule has 1 N–H and O–H groups in total. The van der Waals surface area contributed by atoms with Gasteiger partial charge in [-0.1, -0.05) is 17.4 Å². The van der Waals surface area contributed by atoms with Crippen LogP contribution in [0.25, 0.3) is 0 Å². The molecule has 32 heavy (non-hydrogen) atoms. The summed E-state index contributed by atoms with van der Waals surface area (Å²) in [6.45, 7) is 0.427. The minimum atomic E-state index is -3.81. The van der Waals surface area contributed by atoms with E-state index in [0.29, 0.717) is 23.9 Å². The quantitative estimate of drug-likeness (QED) is 0.598. The summed E-state index contributed by atoms with van der Waals surface area (Å²) in [6.07, 6.45) is 0.911. The van der Waals surface area contributed by atoms with Crippen LogP contribution in [0.2, 0.25) is 0 Å². The van der Waals surface area contributed by atoms with Crippen LogP contribution in [-0.2, 0) is 10.0 Å². The summed E-state index contributed by atoms with van der Waals surface area (Å²) in [4.78, 5) is 12.2. The molecule has 1 saturated heterocycles. The van der Waals surface area contributed by atoms with Crippen molar-refractivity contribution in [1.82, 2.24) is 14.5 Å². The number of nitrogens with zero attached hydrogens (tertiary/aromatic N) is 3. The van der Waals surface area contributed by atoms with Crippen molar-refractivity contribution in [1.29, 1.82) is 0 Å². The normalized spacial score (nSPS) is 15.6. The molecule has 1 aliphatic heterocycles. The molecule has 1 aromatic heterocycles. The van der Waals surface area contributed by atoms with Crippen LogP contribution in [0.15, 0.2) is 47.4 Å². The smallest absolute Gasteiger partial charge is 0.286 e. The van der Waals surface area contributed by atoms with Gasteiger partial charge in [0.25, 0.3) is 5.91 Å². The number of sulfonamides is 1. The van der Waals surface area contributed by atoms with Crippen molar-refractivity contribution >= 4 is 33.0 Å². The number of nitrogens with one attached hydrogen (secondary N) is 1. The maximum absolute atomic E-state index is 13.7. The third-order valence-electron chi connectivity index (χ3n) is 5.05. The minimum absolute atomic E-state index is 0.0125. The molecule has 168 valence electrons. The maximum atomic E-state index is 13.7. The second kappa shape index (κ2) is 8.96. The van der Waals surface area contributed by atoms with Crippen LogP contribution in [0.3, 0.4) is 0 Å². The molecule has 12 heteroatoms. The molecule has 7 nitrogen and oxygen atoms in total. The summed E-state index contributed by atoms with van der Waals surface area (Å²) in [6, 6.07) is 7.66. The second-order valence-electron chi connectivity index (χ2n) is 7.16. The molecule has 0 radical (unpaired) electrons. The standard InChI is InChI=1S/C20H17F3N4O3S2/c21-13-2-1-3-15(10-13)32(29,30)27-8-6-12(7-9-27)19-25-26-20(31-19)18(28)24-17-5-4-14(22)11-16(17)23/h1-5,10-12H,6-9H2,(H,24,28). The van der Waals surface area contributed by atoms with Crippen LogP contribution in [0.1, 0.15) is 33.6 Å². The number of aromatic nitrogens is 2. The Bertz CT molecular complexity index is 1260. The Labute approximate surface area is 186 Å². The molecule has 0 atom stereocenters. The lowest BCUT2D eigenvalue weighted by molar-refractivity contribution is 0.102. The average molecular weight is 483 g/mol. The van der Waals surface area contributed by atoms with Crippen molar-refractivity contribution in [3.05, 3.63) is 69.9 Å². The van der Waals surface area contributed by atoms with Gasteiger partial charge in [-0.15, -0.1) is 10.2 Å². The van der Waals surface area contributed by atoms with Gasteiger partial charge < -0.3 is 5.32 Å². The number of anilines is 1. The van der Waals surface area contributed by atoms with E-state index < -0.39 is 33.4 Å². The van der Waals surface area contributed by atoms with Crippen LogP contribution in [-0.4, -0.2) is 41.9 Å². The minimum Gasteiger partial charge on any atom is -0.317 e. The predicted molar refractivity (Wildman–Crippen MR) is 111 cm³/mol. The van der Waals surface area contributed by atoms with Crippen molar-refractivity contribution in [2.75, 3.05) is 18.4 Å². The van der Waals surface area contributed by atoms with Gasteiger partial charge in [-0.2, -0.15) is 4.31 Å². The van der Waals surface area contributed by atoms with Crippen molar-refractivity contribution in [3.63, 3.8) is 0 Å². The number of amides is 1. The Morgan fingerprint density at radius 2 is 1.75 bits per heavy atom. The zero-order valence-electron chi connectivity index (χ0n) is 16.5. The summed E-state index contributed by atoms with van der Waals surface area (Å²) in [5, 5.41) is 10.8. The Hall–Kier alpha value is -2.83. The van der Waals surface area contributed by atoms with Gasteiger partial charge in [-0.3, -0.25) is 4.79 Å². The maximum Gasteiger partial charge on any atom is 0.286 e. The molecule has 0 aliphatic carbocycles. The van der Waals surface area contributed by atoms with E-state index in [1.54, 1.807) is 0 Å². The average Bonchev–Trinajstić information content (AvgIpc) is 3.26. The van der Waals surface area contributed by atoms with Crippen LogP contribution >= 0.6 is 11.3 Å². The van der Waals surface area contributed by atoms with Gasteiger partial charge >= 0.3 is 0 Å². The highest BCUT2D eigenvalue weighted by atomic mass is 32.2. The van der Waals surface area contributed by atoms with E-state index >= 15 is 0 Å². The van der Waals surface area contributed by atoms with E-state index in [-0.39, 0.29) is 34.6 Å². The Morgan fingerprint density at radius 3 is 2.44 bits per heavy atom. The summed E-state index contributed by atoms with van der Waals surface area (Å²) < 4.78 is 66.9. The topological polar surface area (TPSA) is 92.3 Å². The predicted octanol–water partition coefficient (Wildman–Crippen LogP) is 3.78. The first kappa shape index (κ1) is 22.4. The summed E-state index contributed by atoms with van der Waals surface area (Å²) >= 11 is 1.03. The molecule has 4 rings (SSSR count). The van der Waals surface area contributed by atoms with Gasteiger partial charge in [0.05, 0.1) is 10.6 Å². The van der Waals surface area contributed by atoms with E-state index in [9.17, 15) is 26.4 Å². The summed E-state index contributed by atoms with van der Waals surface area (Å²) in [5.41, 5.74) is -0.177. The fourth-order valence-electron chi connectivity index (χ4n) is 3.38. The van der Waals surface area contributed by atoms with E-state index in [0.717, 1.165) is 29.5 Å². The van der Waals surface area contributed by atoms with Gasteiger partial charge in [0.1, 0.15) is 22.5 Å². The molecule has 1 fully saturated rings. The lowest BCUT2D eigenvalue weighted by Crippen LogP contribution is -2.37. The largest absolute Gasteiger partial charge is 0.317 e. The van der Waals surface area contributed by atoms with Gasteiger partial charge in [-0.25, -0.2) is 21.6 Å². The molecule has 0 saturated carbocycles. The van der Waals surface area contributed by atoms with Crippen LogP contribution in [0.4, 0.5) is 18.9 Å². The zero-order chi connectivity index (χ0) is 22.9. The lowest BCUT2D eigenvalue weighted by Gasteiger charge is -2.30. The molecule has 1 amide bonds. The highest BCUT2D eigenvalue weighted by Crippen LogP contribution is 2.32. The first-order valence-electron chi connectivity index (χ1n) is 9.59. The molecular formula is C20H17F3N4O3S2. The lowest BCUT2D eigenvalue weighted by atomic mass is 9.99. The highest BCUT2D eigenvalue weighted by Gasteiger charge is 2.32. The van der Waals surface area contributed by atoms with E-state index in [1.165, 1.54) is 22.5 Å². The zero-order valence-corrected chi connectivity index (χ0v) is 18.1. The van der Waals surface area contributed by atoms with Crippen molar-refractivity contribution < 1.29 is 26.4 Å². The van der Waals surface area contributed by atoms with Gasteiger partial charge in [0.15, 0.2) is 0 Å². The number of carbonyl (C=O) groups excluding carboxylic acids is 1. The van der Waals surface area contributed by atoms with Crippen molar-refractivity contribution in [3.8, 4) is 0 Å². The van der Waals surface area contributed by atoms with E-state index in [1.807, 2.05) is 0 Å². The number of halogens is 3. The molecular weight excluding hydrogens is 465 g/mol. The van der Waals surface area contributed by atoms with Gasteiger partial charge in [0, 0.05) is 25.1 Å². The molecule has 2 aromatic carbocycles. The molecule has 0 spiro atoms. The second-order valence-corrected chi connectivity index (χ2v) is 10.1. The molecule has 1 aliphatic rings. The first-order chi connectivity index (χ1) is 15.2. The SMILES string of the molecule is O=C(Nc1ccc(F)cc1F)c1nnc(C2CCN(S(=O)(=O)c3cccc(F)c3)CC2)s1. The number of rotatable bonds is 5. The van der Waals surface area contributed by atoms with E-state index in [4.69, 9.17) is 0 Å². The van der Waals surface area contributed by atoms with Crippen LogP contribution in [0.5, 0.6) is 0 Å². The van der Waals surface area contributed by atoms with Crippen molar-refractivity contribution in [2.45, 2.75) is 23.7 Å². The summed E-state index contributed by atoms with van der Waals surface area (Å²) in [5.74, 6) is -3.07. The fourth-order valence-corrected chi connectivity index (χ4v) is 5.79. The summed E-state index contributed by atoms with van der Waals surface area (Å²) in [7, 11) is -3.81. The number of hydrogen-bond acceptors (Lipinski definition) is 6. The van der Waals surface area contributed by atoms with Gasteiger partial charge in [0.2, 0.25) is 15.0 Å². The fraction of sp³-hybridized carbons (Fsp3) is 0.250. The highest BCUT2D eigenvalue weighted by molar-refractivity contribution is 7.89. The number of carbonyl (C=O) groups is 1. The number of hydrogen-bond donors (Lipinski definition) is 1. The third kappa shape index (κ3) is 4.66. The van der Waals surface area contributed by atoms with Crippen LogP contribution < -0.4 is 5.32 Å². The van der Waals surface area contributed by atoms with E-state index in [2.05, 4.69) is 15.5 Å². The molecule has 3 aromatic rings. The van der Waals surface area contributed by atoms with Crippen molar-refractivity contribution in [2.24, 2.45) is 0 Å². The monoisotopic (exact) mass is 482 g/mol. The third-order valence-corrected chi connectivity index (χ3v) is 8.03. The van der Waals surface area contributed by atoms with Gasteiger partial charge in [-0.05, 0) is 43.2 Å². The Balaban J connectivity index is 1.40. The molecule has 2 heterocycles. The number of piperidine rings is 1. The number of benzene rings is 2. The first-order valence-corrected chi connectivity index (χ1v) is 11.9. The van der Waals surface area contributed by atoms with Crippen LogP contribution in [0, 0.1) is 17.5 Å². The molecule has 0 unspecified atom stereocenters. The molecule has 0 bridgehead atoms.